The van der Waals surface area contributed by atoms with Gasteiger partial charge in [-0.05, 0) is 42.8 Å². The van der Waals surface area contributed by atoms with Gasteiger partial charge in [0.15, 0.2) is 0 Å². The maximum atomic E-state index is 12.1. The number of carbonyl (C=O) groups excluding carboxylic acids is 2. The third-order valence-electron chi connectivity index (χ3n) is 3.23. The highest BCUT2D eigenvalue weighted by atomic mass is 16.5. The molecule has 0 spiro atoms. The molecule has 0 saturated carbocycles. The quantitative estimate of drug-likeness (QED) is 0.645. The van der Waals surface area contributed by atoms with Crippen molar-refractivity contribution in [2.45, 2.75) is 6.92 Å². The van der Waals surface area contributed by atoms with Crippen LogP contribution in [0.15, 0.2) is 60.7 Å². The number of carbonyl (C=O) groups is 2. The summed E-state index contributed by atoms with van der Waals surface area (Å²) in [5.74, 6) is -0.150. The molecule has 2 aromatic rings. The summed E-state index contributed by atoms with van der Waals surface area (Å²) in [5, 5.41) is 5.75. The van der Waals surface area contributed by atoms with E-state index in [0.717, 1.165) is 5.57 Å². The second-order valence-electron chi connectivity index (χ2n) is 5.59. The molecule has 0 aliphatic rings. The Labute approximate surface area is 146 Å². The van der Waals surface area contributed by atoms with Crippen LogP contribution in [0.25, 0.3) is 0 Å². The van der Waals surface area contributed by atoms with Gasteiger partial charge in [-0.25, -0.2) is 0 Å². The summed E-state index contributed by atoms with van der Waals surface area (Å²) in [6.45, 7) is 6.13. The highest BCUT2D eigenvalue weighted by Gasteiger charge is 2.07. The van der Waals surface area contributed by atoms with Gasteiger partial charge in [-0.1, -0.05) is 24.8 Å². The van der Waals surface area contributed by atoms with Crippen molar-refractivity contribution in [3.63, 3.8) is 0 Å². The highest BCUT2D eigenvalue weighted by molar-refractivity contribution is 5.97. The molecule has 2 amide bonds. The third-order valence-corrected chi connectivity index (χ3v) is 3.23. The van der Waals surface area contributed by atoms with E-state index in [-0.39, 0.29) is 12.5 Å². The molecule has 2 aromatic carbocycles. The Morgan fingerprint density at radius 1 is 1.16 bits per heavy atom. The van der Waals surface area contributed by atoms with Crippen molar-refractivity contribution in [2.75, 3.05) is 23.8 Å². The summed E-state index contributed by atoms with van der Waals surface area (Å²) >= 11 is 0. The van der Waals surface area contributed by atoms with Crippen LogP contribution >= 0.6 is 0 Å². The zero-order valence-corrected chi connectivity index (χ0v) is 14.0. The van der Waals surface area contributed by atoms with Crippen LogP contribution in [0.4, 0.5) is 11.4 Å². The Kier molecular flexibility index (Phi) is 6.17. The number of para-hydroxylation sites is 2. The predicted octanol–water partition coefficient (Wildman–Crippen LogP) is 2.79. The number of amides is 2. The molecule has 2 rings (SSSR count). The van der Waals surface area contributed by atoms with Crippen LogP contribution in [0.5, 0.6) is 5.75 Å². The van der Waals surface area contributed by atoms with Crippen LogP contribution in [0.1, 0.15) is 17.3 Å². The lowest BCUT2D eigenvalue weighted by molar-refractivity contribution is -0.114. The maximum Gasteiger partial charge on any atom is 0.248 e. The van der Waals surface area contributed by atoms with Crippen molar-refractivity contribution in [1.82, 2.24) is 0 Å². The van der Waals surface area contributed by atoms with E-state index in [9.17, 15) is 9.59 Å². The molecular formula is C19H21N3O3. The molecule has 130 valence electrons. The normalized spacial score (nSPS) is 9.96. The molecule has 0 bridgehead atoms. The first-order valence-corrected chi connectivity index (χ1v) is 7.75. The van der Waals surface area contributed by atoms with Crippen molar-refractivity contribution in [3.05, 3.63) is 66.2 Å². The smallest absolute Gasteiger partial charge is 0.248 e. The Morgan fingerprint density at radius 3 is 2.64 bits per heavy atom. The summed E-state index contributed by atoms with van der Waals surface area (Å²) < 4.78 is 5.65. The lowest BCUT2D eigenvalue weighted by Crippen LogP contribution is -2.22. The van der Waals surface area contributed by atoms with Gasteiger partial charge >= 0.3 is 0 Å². The minimum absolute atomic E-state index is 0.0498. The summed E-state index contributed by atoms with van der Waals surface area (Å²) in [4.78, 5) is 23.3. The lowest BCUT2D eigenvalue weighted by Gasteiger charge is -2.13. The van der Waals surface area contributed by atoms with E-state index in [1.807, 2.05) is 31.2 Å². The first kappa shape index (κ1) is 18.1. The minimum atomic E-state index is -0.544. The van der Waals surface area contributed by atoms with Crippen molar-refractivity contribution < 1.29 is 14.3 Å². The molecule has 0 aromatic heterocycles. The number of ether oxygens (including phenoxy) is 1. The Balaban J connectivity index is 1.95. The fourth-order valence-electron chi connectivity index (χ4n) is 2.07. The topological polar surface area (TPSA) is 93.4 Å². The number of rotatable bonds is 8. The fourth-order valence-corrected chi connectivity index (χ4v) is 2.07. The Bertz CT molecular complexity index is 787. The largest absolute Gasteiger partial charge is 0.487 e. The molecule has 0 aliphatic heterocycles. The minimum Gasteiger partial charge on any atom is -0.487 e. The Hall–Kier alpha value is -3.28. The van der Waals surface area contributed by atoms with Gasteiger partial charge < -0.3 is 21.1 Å². The maximum absolute atomic E-state index is 12.1. The van der Waals surface area contributed by atoms with Gasteiger partial charge in [0, 0.05) is 11.3 Å². The molecule has 25 heavy (non-hydrogen) atoms. The third kappa shape index (κ3) is 5.69. The van der Waals surface area contributed by atoms with Crippen LogP contribution in [-0.4, -0.2) is 25.0 Å². The van der Waals surface area contributed by atoms with Gasteiger partial charge in [0.25, 0.3) is 0 Å². The number of benzene rings is 2. The number of nitrogens with one attached hydrogen (secondary N) is 2. The van der Waals surface area contributed by atoms with Crippen molar-refractivity contribution in [1.29, 1.82) is 0 Å². The van der Waals surface area contributed by atoms with E-state index in [2.05, 4.69) is 17.2 Å². The molecule has 0 unspecified atom stereocenters. The van der Waals surface area contributed by atoms with Crippen LogP contribution in [-0.2, 0) is 4.79 Å². The molecule has 6 nitrogen and oxygen atoms in total. The second-order valence-corrected chi connectivity index (χ2v) is 5.59. The van der Waals surface area contributed by atoms with Crippen molar-refractivity contribution >= 4 is 23.2 Å². The zero-order valence-electron chi connectivity index (χ0n) is 14.0. The molecule has 4 N–H and O–H groups in total. The SMILES string of the molecule is C=C(C)COc1ccccc1NCC(=O)Nc1cccc(C(N)=O)c1. The monoisotopic (exact) mass is 339 g/mol. The molecule has 0 aliphatic carbocycles. The van der Waals surface area contributed by atoms with Gasteiger partial charge in [-0.2, -0.15) is 0 Å². The number of nitrogens with two attached hydrogens (primary N) is 1. The standard InChI is InChI=1S/C19H21N3O3/c1-13(2)12-25-17-9-4-3-8-16(17)21-11-18(23)22-15-7-5-6-14(10-15)19(20)24/h3-10,21H,1,11-12H2,2H3,(H2,20,24)(H,22,23). The van der Waals surface area contributed by atoms with Gasteiger partial charge in [0.2, 0.25) is 11.8 Å². The highest BCUT2D eigenvalue weighted by Crippen LogP contribution is 2.23. The van der Waals surface area contributed by atoms with Crippen LogP contribution in [0, 0.1) is 0 Å². The van der Waals surface area contributed by atoms with Crippen LogP contribution in [0.3, 0.4) is 0 Å². The average molecular weight is 339 g/mol. The van der Waals surface area contributed by atoms with E-state index in [0.29, 0.717) is 29.3 Å². The summed E-state index contributed by atoms with van der Waals surface area (Å²) in [6, 6.07) is 13.8. The van der Waals surface area contributed by atoms with Crippen LogP contribution in [0.2, 0.25) is 0 Å². The summed E-state index contributed by atoms with van der Waals surface area (Å²) in [5.41, 5.74) is 7.69. The second kappa shape index (κ2) is 8.54. The lowest BCUT2D eigenvalue weighted by atomic mass is 10.2. The first-order valence-electron chi connectivity index (χ1n) is 7.75. The molecule has 0 heterocycles. The van der Waals surface area contributed by atoms with E-state index >= 15 is 0 Å². The average Bonchev–Trinajstić information content (AvgIpc) is 2.59. The fraction of sp³-hybridized carbons (Fsp3) is 0.158. The van der Waals surface area contributed by atoms with E-state index in [1.54, 1.807) is 18.2 Å². The molecule has 0 radical (unpaired) electrons. The molecule has 0 fully saturated rings. The van der Waals surface area contributed by atoms with Gasteiger partial charge in [-0.15, -0.1) is 0 Å². The Morgan fingerprint density at radius 2 is 1.92 bits per heavy atom. The first-order chi connectivity index (χ1) is 12.0. The van der Waals surface area contributed by atoms with E-state index in [4.69, 9.17) is 10.5 Å². The molecule has 6 heteroatoms. The van der Waals surface area contributed by atoms with Gasteiger partial charge in [0.1, 0.15) is 12.4 Å². The molecule has 0 saturated heterocycles. The van der Waals surface area contributed by atoms with Gasteiger partial charge in [0.05, 0.1) is 12.2 Å². The number of primary amides is 1. The van der Waals surface area contributed by atoms with Crippen LogP contribution < -0.4 is 21.1 Å². The summed E-state index contributed by atoms with van der Waals surface area (Å²) in [7, 11) is 0. The number of anilines is 2. The van der Waals surface area contributed by atoms with Crippen molar-refractivity contribution in [3.8, 4) is 5.75 Å². The van der Waals surface area contributed by atoms with E-state index in [1.165, 1.54) is 6.07 Å². The van der Waals surface area contributed by atoms with E-state index < -0.39 is 5.91 Å². The number of hydrogen-bond acceptors (Lipinski definition) is 4. The molecular weight excluding hydrogens is 318 g/mol. The predicted molar refractivity (Wildman–Crippen MR) is 98.8 cm³/mol. The summed E-state index contributed by atoms with van der Waals surface area (Å²) in [6.07, 6.45) is 0. The zero-order chi connectivity index (χ0) is 18.2. The number of hydrogen-bond donors (Lipinski definition) is 3. The van der Waals surface area contributed by atoms with Gasteiger partial charge in [-0.3, -0.25) is 9.59 Å². The van der Waals surface area contributed by atoms with Crippen molar-refractivity contribution in [2.24, 2.45) is 5.73 Å². The molecule has 0 atom stereocenters.